The van der Waals surface area contributed by atoms with E-state index in [-0.39, 0.29) is 18.0 Å². The number of nitrogens with one attached hydrogen (secondary N) is 2. The molecule has 19 heavy (non-hydrogen) atoms. The Balaban J connectivity index is 1.84. The summed E-state index contributed by atoms with van der Waals surface area (Å²) in [7, 11) is 0. The van der Waals surface area contributed by atoms with Crippen molar-refractivity contribution in [1.29, 1.82) is 0 Å². The molecule has 1 amide bonds. The van der Waals surface area contributed by atoms with Crippen molar-refractivity contribution in [2.45, 2.75) is 13.0 Å². The van der Waals surface area contributed by atoms with Gasteiger partial charge in [0.1, 0.15) is 18.7 Å². The second-order valence-corrected chi connectivity index (χ2v) is 4.76. The quantitative estimate of drug-likeness (QED) is 0.814. The Hall–Kier alpha value is -1.96. The summed E-state index contributed by atoms with van der Waals surface area (Å²) in [5.74, 6) is 0.486. The fraction of sp³-hybridized carbons (Fsp3) is 0.273. The molecule has 100 valence electrons. The Morgan fingerprint density at radius 1 is 1.47 bits per heavy atom. The van der Waals surface area contributed by atoms with Gasteiger partial charge in [0.05, 0.1) is 0 Å². The number of carbonyl (C=O) groups is 1. The topological polar surface area (TPSA) is 92.7 Å². The lowest BCUT2D eigenvalue weighted by Crippen LogP contribution is -2.33. The largest absolute Gasteiger partial charge is 0.354 e. The number of pyridine rings is 1. The van der Waals surface area contributed by atoms with E-state index < -0.39 is 0 Å². The second kappa shape index (κ2) is 6.28. The Morgan fingerprint density at radius 2 is 2.32 bits per heavy atom. The van der Waals surface area contributed by atoms with Crippen LogP contribution in [0.5, 0.6) is 0 Å². The molecule has 0 fully saturated rings. The second-order valence-electron chi connectivity index (χ2n) is 3.85. The van der Waals surface area contributed by atoms with Gasteiger partial charge in [-0.2, -0.15) is 5.10 Å². The third-order valence-corrected chi connectivity index (χ3v) is 2.88. The number of nitrogens with zero attached hydrogens (tertiary/aromatic N) is 3. The van der Waals surface area contributed by atoms with E-state index in [0.717, 1.165) is 4.47 Å². The number of aromatic amines is 1. The third-order valence-electron chi connectivity index (χ3n) is 2.41. The van der Waals surface area contributed by atoms with Gasteiger partial charge in [0.25, 0.3) is 5.56 Å². The smallest absolute Gasteiger partial charge is 0.251 e. The van der Waals surface area contributed by atoms with Crippen LogP contribution in [0.25, 0.3) is 0 Å². The van der Waals surface area contributed by atoms with Crippen molar-refractivity contribution in [3.63, 3.8) is 0 Å². The zero-order chi connectivity index (χ0) is 13.7. The van der Waals surface area contributed by atoms with Crippen molar-refractivity contribution in [2.75, 3.05) is 6.54 Å². The van der Waals surface area contributed by atoms with Crippen LogP contribution in [0.1, 0.15) is 5.82 Å². The van der Waals surface area contributed by atoms with E-state index in [1.807, 2.05) is 0 Å². The van der Waals surface area contributed by atoms with Crippen molar-refractivity contribution >= 4 is 21.8 Å². The predicted molar refractivity (Wildman–Crippen MR) is 71.5 cm³/mol. The molecule has 8 heteroatoms. The Labute approximate surface area is 117 Å². The number of rotatable bonds is 5. The average molecular weight is 326 g/mol. The van der Waals surface area contributed by atoms with Crippen molar-refractivity contribution in [3.8, 4) is 0 Å². The highest BCUT2D eigenvalue weighted by atomic mass is 79.9. The lowest BCUT2D eigenvalue weighted by atomic mass is 10.4. The highest BCUT2D eigenvalue weighted by molar-refractivity contribution is 9.10. The van der Waals surface area contributed by atoms with Crippen molar-refractivity contribution in [3.05, 3.63) is 45.3 Å². The first-order chi connectivity index (χ1) is 9.15. The van der Waals surface area contributed by atoms with Gasteiger partial charge in [0.15, 0.2) is 0 Å². The van der Waals surface area contributed by atoms with Crippen molar-refractivity contribution in [2.24, 2.45) is 0 Å². The van der Waals surface area contributed by atoms with Crippen LogP contribution in [0.15, 0.2) is 33.9 Å². The highest BCUT2D eigenvalue weighted by Crippen LogP contribution is 2.04. The Kier molecular flexibility index (Phi) is 4.45. The van der Waals surface area contributed by atoms with Gasteiger partial charge in [-0.05, 0) is 22.0 Å². The lowest BCUT2D eigenvalue weighted by Gasteiger charge is -2.06. The molecule has 0 aromatic carbocycles. The van der Waals surface area contributed by atoms with Gasteiger partial charge in [-0.15, -0.1) is 0 Å². The first-order valence-corrected chi connectivity index (χ1v) is 6.41. The fourth-order valence-corrected chi connectivity index (χ4v) is 1.89. The molecule has 7 nitrogen and oxygen atoms in total. The van der Waals surface area contributed by atoms with Crippen LogP contribution in [-0.2, 0) is 17.8 Å². The van der Waals surface area contributed by atoms with Crippen LogP contribution in [-0.4, -0.2) is 32.2 Å². The molecule has 0 unspecified atom stereocenters. The molecule has 0 aliphatic rings. The number of halogens is 1. The molecule has 0 saturated carbocycles. The van der Waals surface area contributed by atoms with E-state index in [9.17, 15) is 9.59 Å². The maximum atomic E-state index is 11.7. The van der Waals surface area contributed by atoms with Gasteiger partial charge < -0.3 is 9.88 Å². The fourth-order valence-electron chi connectivity index (χ4n) is 1.51. The number of amides is 1. The van der Waals surface area contributed by atoms with Gasteiger partial charge in [0.2, 0.25) is 5.91 Å². The third kappa shape index (κ3) is 4.02. The van der Waals surface area contributed by atoms with Crippen LogP contribution < -0.4 is 10.9 Å². The maximum Gasteiger partial charge on any atom is 0.251 e. The van der Waals surface area contributed by atoms with E-state index in [4.69, 9.17) is 0 Å². The number of carbonyl (C=O) groups excluding carboxylic acids is 1. The minimum atomic E-state index is -0.222. The molecule has 2 N–H and O–H groups in total. The molecule has 2 heterocycles. The standard InChI is InChI=1S/C11H12BrN5O2/c12-8-1-2-11(19)17(5-8)6-10(18)13-4-3-9-14-7-15-16-9/h1-2,5,7H,3-4,6H2,(H,13,18)(H,14,15,16). The van der Waals surface area contributed by atoms with E-state index in [0.29, 0.717) is 18.8 Å². The maximum absolute atomic E-state index is 11.7. The SMILES string of the molecule is O=C(Cn1cc(Br)ccc1=O)NCCc1ncn[nH]1. The van der Waals surface area contributed by atoms with E-state index in [1.54, 1.807) is 12.3 Å². The molecule has 2 aromatic heterocycles. The molecule has 0 atom stereocenters. The van der Waals surface area contributed by atoms with E-state index in [1.165, 1.54) is 17.0 Å². The van der Waals surface area contributed by atoms with Gasteiger partial charge in [-0.3, -0.25) is 14.7 Å². The van der Waals surface area contributed by atoms with Crippen LogP contribution in [0.4, 0.5) is 0 Å². The molecule has 2 aromatic rings. The predicted octanol–water partition coefficient (Wildman–Crippen LogP) is 0.0878. The summed E-state index contributed by atoms with van der Waals surface area (Å²) in [4.78, 5) is 27.1. The number of hydrogen-bond donors (Lipinski definition) is 2. The van der Waals surface area contributed by atoms with Crippen molar-refractivity contribution < 1.29 is 4.79 Å². The zero-order valence-corrected chi connectivity index (χ0v) is 11.6. The summed E-state index contributed by atoms with van der Waals surface area (Å²) in [6.45, 7) is 0.436. The molecule has 0 spiro atoms. The van der Waals surface area contributed by atoms with Gasteiger partial charge in [-0.25, -0.2) is 4.98 Å². The van der Waals surface area contributed by atoms with E-state index in [2.05, 4.69) is 36.4 Å². The number of aromatic nitrogens is 4. The van der Waals surface area contributed by atoms with Gasteiger partial charge >= 0.3 is 0 Å². The average Bonchev–Trinajstić information content (AvgIpc) is 2.87. The van der Waals surface area contributed by atoms with Gasteiger partial charge in [-0.1, -0.05) is 0 Å². The summed E-state index contributed by atoms with van der Waals surface area (Å²) in [5, 5.41) is 9.13. The summed E-state index contributed by atoms with van der Waals surface area (Å²) in [6, 6.07) is 3.05. The first-order valence-electron chi connectivity index (χ1n) is 5.62. The first kappa shape index (κ1) is 13.5. The summed E-state index contributed by atoms with van der Waals surface area (Å²) >= 11 is 3.25. The summed E-state index contributed by atoms with van der Waals surface area (Å²) in [6.07, 6.45) is 3.57. The minimum absolute atomic E-state index is 0.00528. The van der Waals surface area contributed by atoms with E-state index >= 15 is 0 Å². The normalized spacial score (nSPS) is 10.4. The summed E-state index contributed by atoms with van der Waals surface area (Å²) < 4.78 is 2.09. The molecule has 0 saturated heterocycles. The van der Waals surface area contributed by atoms with Crippen molar-refractivity contribution in [1.82, 2.24) is 25.1 Å². The van der Waals surface area contributed by atoms with Crippen LogP contribution in [0, 0.1) is 0 Å². The molecule has 2 rings (SSSR count). The number of H-pyrrole nitrogens is 1. The Morgan fingerprint density at radius 3 is 3.05 bits per heavy atom. The molecular weight excluding hydrogens is 314 g/mol. The molecule has 0 radical (unpaired) electrons. The zero-order valence-electron chi connectivity index (χ0n) is 9.97. The van der Waals surface area contributed by atoms with Gasteiger partial charge in [0, 0.05) is 29.7 Å². The highest BCUT2D eigenvalue weighted by Gasteiger charge is 2.05. The number of hydrogen-bond acceptors (Lipinski definition) is 4. The molecular formula is C11H12BrN5O2. The van der Waals surface area contributed by atoms with Crippen LogP contribution in [0.2, 0.25) is 0 Å². The molecule has 0 aliphatic carbocycles. The molecule has 0 bridgehead atoms. The van der Waals surface area contributed by atoms with Crippen LogP contribution >= 0.6 is 15.9 Å². The molecule has 0 aliphatic heterocycles. The minimum Gasteiger partial charge on any atom is -0.354 e. The summed E-state index contributed by atoms with van der Waals surface area (Å²) in [5.41, 5.74) is -0.214. The van der Waals surface area contributed by atoms with Crippen LogP contribution in [0.3, 0.4) is 0 Å². The monoisotopic (exact) mass is 325 g/mol. The lowest BCUT2D eigenvalue weighted by molar-refractivity contribution is -0.121. The Bertz CT molecular complexity index is 608.